The van der Waals surface area contributed by atoms with Crippen molar-refractivity contribution in [3.05, 3.63) is 11.6 Å². The molecule has 0 aromatic heterocycles. The number of allylic oxidation sites excluding steroid dienone is 1. The van der Waals surface area contributed by atoms with E-state index in [2.05, 4.69) is 13.0 Å². The minimum atomic E-state index is -0.750. The van der Waals surface area contributed by atoms with Crippen molar-refractivity contribution in [3.8, 4) is 0 Å². The van der Waals surface area contributed by atoms with E-state index in [4.69, 9.17) is 5.11 Å². The molecule has 2 heteroatoms. The lowest BCUT2D eigenvalue weighted by Crippen LogP contribution is -2.50. The van der Waals surface area contributed by atoms with Crippen molar-refractivity contribution in [2.24, 2.45) is 29.1 Å². The highest BCUT2D eigenvalue weighted by Gasteiger charge is 2.53. The van der Waals surface area contributed by atoms with Crippen molar-refractivity contribution in [2.75, 3.05) is 0 Å². The fourth-order valence-corrected chi connectivity index (χ4v) is 4.96. The van der Waals surface area contributed by atoms with E-state index in [1.165, 1.54) is 32.1 Å². The van der Waals surface area contributed by atoms with Crippen molar-refractivity contribution < 1.29 is 9.90 Å². The van der Waals surface area contributed by atoms with Crippen molar-refractivity contribution in [1.82, 2.24) is 0 Å². The van der Waals surface area contributed by atoms with Gasteiger partial charge in [-0.15, -0.1) is 0 Å². The molecule has 4 aliphatic carbocycles. The third kappa shape index (κ3) is 1.64. The third-order valence-electron chi connectivity index (χ3n) is 5.76. The number of hydrogen-bond donors (Lipinski definition) is 1. The molecule has 0 atom stereocenters. The SMILES string of the molecule is CC(=CC1(C)C2CC3CC(C2)CC1C3)C(=O)O. The largest absolute Gasteiger partial charge is 0.478 e. The highest BCUT2D eigenvalue weighted by Crippen LogP contribution is 2.62. The zero-order chi connectivity index (χ0) is 12.2. The average molecular weight is 234 g/mol. The zero-order valence-corrected chi connectivity index (χ0v) is 10.8. The van der Waals surface area contributed by atoms with Gasteiger partial charge in [-0.2, -0.15) is 0 Å². The molecular formula is C15H22O2. The Hall–Kier alpha value is -0.790. The monoisotopic (exact) mass is 234 g/mol. The molecule has 4 rings (SSSR count). The second-order valence-electron chi connectivity index (χ2n) is 6.80. The Labute approximate surface area is 103 Å². The minimum absolute atomic E-state index is 0.163. The second kappa shape index (κ2) is 3.60. The van der Waals surface area contributed by atoms with Gasteiger partial charge in [-0.1, -0.05) is 13.0 Å². The van der Waals surface area contributed by atoms with Crippen LogP contribution in [0.25, 0.3) is 0 Å². The number of carboxylic acids is 1. The Balaban J connectivity index is 1.92. The number of carbonyl (C=O) groups is 1. The van der Waals surface area contributed by atoms with Crippen molar-refractivity contribution in [1.29, 1.82) is 0 Å². The molecule has 94 valence electrons. The Kier molecular flexibility index (Phi) is 2.39. The first-order valence-electron chi connectivity index (χ1n) is 6.91. The van der Waals surface area contributed by atoms with E-state index in [1.807, 2.05) is 0 Å². The van der Waals surface area contributed by atoms with Gasteiger partial charge in [-0.25, -0.2) is 4.79 Å². The van der Waals surface area contributed by atoms with Crippen LogP contribution >= 0.6 is 0 Å². The maximum Gasteiger partial charge on any atom is 0.330 e. The molecule has 0 heterocycles. The highest BCUT2D eigenvalue weighted by molar-refractivity contribution is 5.85. The van der Waals surface area contributed by atoms with Crippen LogP contribution in [-0.2, 0) is 4.79 Å². The summed E-state index contributed by atoms with van der Waals surface area (Å²) in [5.74, 6) is 2.63. The summed E-state index contributed by atoms with van der Waals surface area (Å²) in [6, 6.07) is 0. The first-order chi connectivity index (χ1) is 7.99. The van der Waals surface area contributed by atoms with E-state index in [0.717, 1.165) is 23.7 Å². The molecule has 17 heavy (non-hydrogen) atoms. The van der Waals surface area contributed by atoms with Crippen molar-refractivity contribution in [3.63, 3.8) is 0 Å². The van der Waals surface area contributed by atoms with E-state index in [1.54, 1.807) is 6.92 Å². The lowest BCUT2D eigenvalue weighted by atomic mass is 9.46. The van der Waals surface area contributed by atoms with Gasteiger partial charge >= 0.3 is 5.97 Å². The smallest absolute Gasteiger partial charge is 0.330 e. The van der Waals surface area contributed by atoms with Crippen LogP contribution in [0.1, 0.15) is 46.0 Å². The zero-order valence-electron chi connectivity index (χ0n) is 10.8. The lowest BCUT2D eigenvalue weighted by molar-refractivity contribution is -0.132. The quantitative estimate of drug-likeness (QED) is 0.743. The van der Waals surface area contributed by atoms with Crippen LogP contribution in [0.5, 0.6) is 0 Å². The average Bonchev–Trinajstić information content (AvgIpc) is 2.25. The van der Waals surface area contributed by atoms with Gasteiger partial charge in [0.15, 0.2) is 0 Å². The van der Waals surface area contributed by atoms with Crippen LogP contribution in [0.3, 0.4) is 0 Å². The summed E-state index contributed by atoms with van der Waals surface area (Å²) in [5, 5.41) is 9.08. The molecule has 1 N–H and O–H groups in total. The molecule has 0 aromatic carbocycles. The Morgan fingerprint density at radius 2 is 1.59 bits per heavy atom. The molecule has 0 amide bonds. The predicted molar refractivity (Wildman–Crippen MR) is 66.5 cm³/mol. The highest BCUT2D eigenvalue weighted by atomic mass is 16.4. The predicted octanol–water partition coefficient (Wildman–Crippen LogP) is 3.48. The molecule has 0 aliphatic heterocycles. The summed E-state index contributed by atoms with van der Waals surface area (Å²) in [6.45, 7) is 4.06. The molecular weight excluding hydrogens is 212 g/mol. The van der Waals surface area contributed by atoms with Crippen LogP contribution in [0.2, 0.25) is 0 Å². The van der Waals surface area contributed by atoms with E-state index in [0.29, 0.717) is 5.57 Å². The van der Waals surface area contributed by atoms with Gasteiger partial charge < -0.3 is 5.11 Å². The molecule has 4 fully saturated rings. The first kappa shape index (κ1) is 11.3. The van der Waals surface area contributed by atoms with Gasteiger partial charge in [-0.3, -0.25) is 0 Å². The summed E-state index contributed by atoms with van der Waals surface area (Å²) in [7, 11) is 0. The molecule has 0 unspecified atom stereocenters. The Morgan fingerprint density at radius 3 is 2.00 bits per heavy atom. The molecule has 0 saturated heterocycles. The summed E-state index contributed by atoms with van der Waals surface area (Å²) in [5.41, 5.74) is 0.704. The van der Waals surface area contributed by atoms with Crippen LogP contribution in [0, 0.1) is 29.1 Å². The van der Waals surface area contributed by atoms with Gasteiger partial charge in [0.05, 0.1) is 0 Å². The molecule has 2 nitrogen and oxygen atoms in total. The minimum Gasteiger partial charge on any atom is -0.478 e. The first-order valence-corrected chi connectivity index (χ1v) is 6.91. The summed E-state index contributed by atoms with van der Waals surface area (Å²) in [6.07, 6.45) is 8.90. The Bertz CT molecular complexity index is 352. The van der Waals surface area contributed by atoms with Gasteiger partial charge in [-0.05, 0) is 68.1 Å². The third-order valence-corrected chi connectivity index (χ3v) is 5.76. The molecule has 4 saturated carbocycles. The van der Waals surface area contributed by atoms with Gasteiger partial charge in [0.2, 0.25) is 0 Å². The second-order valence-corrected chi connectivity index (χ2v) is 6.80. The van der Waals surface area contributed by atoms with Crippen LogP contribution in [-0.4, -0.2) is 11.1 Å². The van der Waals surface area contributed by atoms with E-state index in [-0.39, 0.29) is 5.41 Å². The van der Waals surface area contributed by atoms with E-state index in [9.17, 15) is 4.79 Å². The number of hydrogen-bond acceptors (Lipinski definition) is 1. The summed E-state index contributed by atoms with van der Waals surface area (Å²) < 4.78 is 0. The normalized spacial score (nSPS) is 48.5. The van der Waals surface area contributed by atoms with Crippen LogP contribution in [0.4, 0.5) is 0 Å². The van der Waals surface area contributed by atoms with Gasteiger partial charge in [0.1, 0.15) is 0 Å². The molecule has 4 bridgehead atoms. The number of carboxylic acid groups (broad SMARTS) is 1. The fraction of sp³-hybridized carbons (Fsp3) is 0.800. The van der Waals surface area contributed by atoms with Gasteiger partial charge in [0, 0.05) is 5.57 Å². The standard InChI is InChI=1S/C15H22O2/c1-9(14(16)17)8-15(2)12-4-10-3-11(6-12)7-13(15)5-10/h8,10-13H,3-7H2,1-2H3,(H,16,17). The van der Waals surface area contributed by atoms with Gasteiger partial charge in [0.25, 0.3) is 0 Å². The number of aliphatic carboxylic acids is 1. The summed E-state index contributed by atoms with van der Waals surface area (Å²) >= 11 is 0. The van der Waals surface area contributed by atoms with Crippen molar-refractivity contribution >= 4 is 5.97 Å². The molecule has 4 aliphatic rings. The van der Waals surface area contributed by atoms with E-state index < -0.39 is 5.97 Å². The number of rotatable bonds is 2. The van der Waals surface area contributed by atoms with E-state index >= 15 is 0 Å². The molecule has 0 aromatic rings. The van der Waals surface area contributed by atoms with Crippen LogP contribution < -0.4 is 0 Å². The molecule has 0 spiro atoms. The Morgan fingerprint density at radius 1 is 1.12 bits per heavy atom. The fourth-order valence-electron chi connectivity index (χ4n) is 4.96. The maximum atomic E-state index is 11.0. The molecule has 0 radical (unpaired) electrons. The van der Waals surface area contributed by atoms with Crippen LogP contribution in [0.15, 0.2) is 11.6 Å². The van der Waals surface area contributed by atoms with Crippen molar-refractivity contribution in [2.45, 2.75) is 46.0 Å². The topological polar surface area (TPSA) is 37.3 Å². The summed E-state index contributed by atoms with van der Waals surface area (Å²) in [4.78, 5) is 11.0. The maximum absolute atomic E-state index is 11.0. The lowest BCUT2D eigenvalue weighted by Gasteiger charge is -2.59.